The van der Waals surface area contributed by atoms with Crippen molar-refractivity contribution in [2.24, 2.45) is 0 Å². The minimum atomic E-state index is -3.48. The Hall–Kier alpha value is -2.03. The van der Waals surface area contributed by atoms with E-state index in [-0.39, 0.29) is 0 Å². The summed E-state index contributed by atoms with van der Waals surface area (Å²) in [5.41, 5.74) is 1.70. The maximum atomic E-state index is 12.8. The van der Waals surface area contributed by atoms with Crippen LogP contribution in [-0.4, -0.2) is 48.9 Å². The highest BCUT2D eigenvalue weighted by atomic mass is 79.9. The zero-order valence-corrected chi connectivity index (χ0v) is 16.3. The summed E-state index contributed by atoms with van der Waals surface area (Å²) < 4.78 is 27.9. The van der Waals surface area contributed by atoms with E-state index in [0.29, 0.717) is 31.1 Å². The van der Waals surface area contributed by atoms with Crippen molar-refractivity contribution in [2.75, 3.05) is 31.1 Å². The molecule has 6 nitrogen and oxygen atoms in total. The van der Waals surface area contributed by atoms with Crippen LogP contribution in [0.1, 0.15) is 0 Å². The van der Waals surface area contributed by atoms with E-state index < -0.39 is 10.0 Å². The number of piperazine rings is 1. The molecule has 0 amide bonds. The first kappa shape index (κ1) is 17.4. The van der Waals surface area contributed by atoms with Gasteiger partial charge in [0, 0.05) is 30.7 Å². The number of sulfonamides is 1. The molecule has 0 atom stereocenters. The van der Waals surface area contributed by atoms with Crippen molar-refractivity contribution in [1.29, 1.82) is 0 Å². The molecule has 0 saturated carbocycles. The van der Waals surface area contributed by atoms with E-state index in [1.807, 2.05) is 30.3 Å². The zero-order valence-electron chi connectivity index (χ0n) is 13.9. The SMILES string of the molecule is O=S(=O)(c1cccc(Br)c1)N1CCN(c2cnc3ccccc3n2)CC1. The molecule has 134 valence electrons. The largest absolute Gasteiger partial charge is 0.353 e. The monoisotopic (exact) mass is 432 g/mol. The van der Waals surface area contributed by atoms with Crippen molar-refractivity contribution >= 4 is 42.8 Å². The maximum absolute atomic E-state index is 12.8. The Bertz CT molecular complexity index is 1050. The number of aromatic nitrogens is 2. The molecular formula is C18H17BrN4O2S. The van der Waals surface area contributed by atoms with Crippen molar-refractivity contribution in [3.05, 3.63) is 59.2 Å². The summed E-state index contributed by atoms with van der Waals surface area (Å²) in [6, 6.07) is 14.5. The van der Waals surface area contributed by atoms with Crippen LogP contribution in [-0.2, 0) is 10.0 Å². The van der Waals surface area contributed by atoms with Gasteiger partial charge in [0.2, 0.25) is 10.0 Å². The van der Waals surface area contributed by atoms with Crippen LogP contribution in [0.4, 0.5) is 5.82 Å². The van der Waals surface area contributed by atoms with Crippen molar-refractivity contribution in [3.63, 3.8) is 0 Å². The van der Waals surface area contributed by atoms with Gasteiger partial charge in [0.05, 0.1) is 22.1 Å². The van der Waals surface area contributed by atoms with E-state index in [9.17, 15) is 8.42 Å². The summed E-state index contributed by atoms with van der Waals surface area (Å²) >= 11 is 3.33. The van der Waals surface area contributed by atoms with E-state index in [4.69, 9.17) is 0 Å². The molecule has 8 heteroatoms. The number of para-hydroxylation sites is 2. The third-order valence-electron chi connectivity index (χ3n) is 4.43. The third kappa shape index (κ3) is 3.32. The van der Waals surface area contributed by atoms with E-state index in [1.165, 1.54) is 4.31 Å². The Balaban J connectivity index is 1.51. The van der Waals surface area contributed by atoms with Gasteiger partial charge in [-0.25, -0.2) is 13.4 Å². The van der Waals surface area contributed by atoms with E-state index in [1.54, 1.807) is 24.4 Å². The lowest BCUT2D eigenvalue weighted by molar-refractivity contribution is 0.384. The molecule has 0 radical (unpaired) electrons. The minimum Gasteiger partial charge on any atom is -0.353 e. The Labute approximate surface area is 160 Å². The highest BCUT2D eigenvalue weighted by Gasteiger charge is 2.29. The van der Waals surface area contributed by atoms with Crippen molar-refractivity contribution < 1.29 is 8.42 Å². The second kappa shape index (κ2) is 6.94. The molecule has 3 aromatic rings. The van der Waals surface area contributed by atoms with Crippen LogP contribution in [0.25, 0.3) is 11.0 Å². The molecule has 0 bridgehead atoms. The Morgan fingerprint density at radius 3 is 2.38 bits per heavy atom. The average molecular weight is 433 g/mol. The molecule has 1 aliphatic heterocycles. The second-order valence-corrected chi connectivity index (χ2v) is 8.92. The van der Waals surface area contributed by atoms with Crippen LogP contribution in [0, 0.1) is 0 Å². The summed E-state index contributed by atoms with van der Waals surface area (Å²) in [5.74, 6) is 0.781. The Morgan fingerprint density at radius 2 is 1.65 bits per heavy atom. The Kier molecular flexibility index (Phi) is 4.64. The molecule has 0 aliphatic carbocycles. The fraction of sp³-hybridized carbons (Fsp3) is 0.222. The number of halogens is 1. The molecule has 26 heavy (non-hydrogen) atoms. The maximum Gasteiger partial charge on any atom is 0.243 e. The summed E-state index contributed by atoms with van der Waals surface area (Å²) in [4.78, 5) is 11.5. The predicted octanol–water partition coefficient (Wildman–Crippen LogP) is 2.90. The number of nitrogens with zero attached hydrogens (tertiary/aromatic N) is 4. The first-order chi connectivity index (χ1) is 12.5. The number of fused-ring (bicyclic) bond motifs is 1. The van der Waals surface area contributed by atoms with Gasteiger partial charge in [-0.3, -0.25) is 4.98 Å². The first-order valence-corrected chi connectivity index (χ1v) is 10.5. The van der Waals surface area contributed by atoms with Crippen LogP contribution in [0.2, 0.25) is 0 Å². The molecule has 0 spiro atoms. The van der Waals surface area contributed by atoms with Gasteiger partial charge in [0.1, 0.15) is 5.82 Å². The second-order valence-electron chi connectivity index (χ2n) is 6.07. The van der Waals surface area contributed by atoms with Gasteiger partial charge in [-0.2, -0.15) is 4.31 Å². The molecule has 1 aliphatic rings. The van der Waals surface area contributed by atoms with Gasteiger partial charge < -0.3 is 4.90 Å². The van der Waals surface area contributed by atoms with E-state index >= 15 is 0 Å². The van der Waals surface area contributed by atoms with Gasteiger partial charge >= 0.3 is 0 Å². The van der Waals surface area contributed by atoms with Gasteiger partial charge in [0.25, 0.3) is 0 Å². The minimum absolute atomic E-state index is 0.311. The van der Waals surface area contributed by atoms with Crippen LogP contribution >= 0.6 is 15.9 Å². The molecule has 2 heterocycles. The summed E-state index contributed by atoms with van der Waals surface area (Å²) in [6.07, 6.45) is 1.75. The molecule has 1 fully saturated rings. The number of rotatable bonds is 3. The molecular weight excluding hydrogens is 416 g/mol. The summed E-state index contributed by atoms with van der Waals surface area (Å²) in [7, 11) is -3.48. The Morgan fingerprint density at radius 1 is 0.923 bits per heavy atom. The molecule has 0 N–H and O–H groups in total. The quantitative estimate of drug-likeness (QED) is 0.636. The topological polar surface area (TPSA) is 66.4 Å². The molecule has 2 aromatic carbocycles. The van der Waals surface area contributed by atoms with Gasteiger partial charge in [-0.1, -0.05) is 34.1 Å². The van der Waals surface area contributed by atoms with Crippen molar-refractivity contribution in [1.82, 2.24) is 14.3 Å². The van der Waals surface area contributed by atoms with E-state index in [0.717, 1.165) is 21.3 Å². The normalized spacial score (nSPS) is 16.1. The molecule has 4 rings (SSSR count). The smallest absolute Gasteiger partial charge is 0.243 e. The number of benzene rings is 2. The lowest BCUT2D eigenvalue weighted by atomic mass is 10.3. The highest BCUT2D eigenvalue weighted by Crippen LogP contribution is 2.23. The van der Waals surface area contributed by atoms with Crippen LogP contribution in [0.5, 0.6) is 0 Å². The van der Waals surface area contributed by atoms with Crippen molar-refractivity contribution in [2.45, 2.75) is 4.90 Å². The van der Waals surface area contributed by atoms with E-state index in [2.05, 4.69) is 30.8 Å². The fourth-order valence-corrected chi connectivity index (χ4v) is 5.05. The first-order valence-electron chi connectivity index (χ1n) is 8.26. The average Bonchev–Trinajstić information content (AvgIpc) is 2.68. The number of hydrogen-bond donors (Lipinski definition) is 0. The highest BCUT2D eigenvalue weighted by molar-refractivity contribution is 9.10. The summed E-state index contributed by atoms with van der Waals surface area (Å²) in [5, 5.41) is 0. The molecule has 1 aromatic heterocycles. The standard InChI is InChI=1S/C18H17BrN4O2S/c19-14-4-3-5-15(12-14)26(24,25)23-10-8-22(9-11-23)18-13-20-16-6-1-2-7-17(16)21-18/h1-7,12-13H,8-11H2. The van der Waals surface area contributed by atoms with Crippen LogP contribution in [0.15, 0.2) is 64.1 Å². The zero-order chi connectivity index (χ0) is 18.1. The van der Waals surface area contributed by atoms with Gasteiger partial charge in [-0.15, -0.1) is 0 Å². The van der Waals surface area contributed by atoms with Crippen LogP contribution < -0.4 is 4.90 Å². The van der Waals surface area contributed by atoms with Gasteiger partial charge in [0.15, 0.2) is 0 Å². The third-order valence-corrected chi connectivity index (χ3v) is 6.82. The van der Waals surface area contributed by atoms with Gasteiger partial charge in [-0.05, 0) is 30.3 Å². The molecule has 0 unspecified atom stereocenters. The lowest BCUT2D eigenvalue weighted by Crippen LogP contribution is -2.48. The lowest BCUT2D eigenvalue weighted by Gasteiger charge is -2.34. The summed E-state index contributed by atoms with van der Waals surface area (Å²) in [6.45, 7) is 2.01. The van der Waals surface area contributed by atoms with Crippen LogP contribution in [0.3, 0.4) is 0 Å². The molecule has 1 saturated heterocycles. The fourth-order valence-electron chi connectivity index (χ4n) is 3.03. The number of anilines is 1. The van der Waals surface area contributed by atoms with Crippen molar-refractivity contribution in [3.8, 4) is 0 Å². The number of hydrogen-bond acceptors (Lipinski definition) is 5. The predicted molar refractivity (Wildman–Crippen MR) is 105 cm³/mol.